The highest BCUT2D eigenvalue weighted by atomic mass is 19.1. The lowest BCUT2D eigenvalue weighted by molar-refractivity contribution is -0.132. The van der Waals surface area contributed by atoms with Gasteiger partial charge in [0.2, 0.25) is 11.8 Å². The molecule has 27 heavy (non-hydrogen) atoms. The zero-order valence-corrected chi connectivity index (χ0v) is 14.8. The van der Waals surface area contributed by atoms with Crippen molar-refractivity contribution in [3.05, 3.63) is 41.8 Å². The van der Waals surface area contributed by atoms with Gasteiger partial charge in [0.05, 0.1) is 30.0 Å². The summed E-state index contributed by atoms with van der Waals surface area (Å²) in [6, 6.07) is 5.05. The van der Waals surface area contributed by atoms with Crippen LogP contribution in [0.25, 0.3) is 5.69 Å². The van der Waals surface area contributed by atoms with Crippen LogP contribution in [0.4, 0.5) is 10.2 Å². The van der Waals surface area contributed by atoms with Crippen molar-refractivity contribution in [1.82, 2.24) is 20.0 Å². The second-order valence-electron chi connectivity index (χ2n) is 6.35. The number of anilines is 1. The van der Waals surface area contributed by atoms with Gasteiger partial charge in [-0.25, -0.2) is 9.07 Å². The molecule has 3 N–H and O–H groups in total. The molecule has 2 aromatic rings. The number of hydrogen-bond donors (Lipinski definition) is 2. The van der Waals surface area contributed by atoms with Crippen molar-refractivity contribution >= 4 is 23.4 Å². The van der Waals surface area contributed by atoms with Crippen LogP contribution in [0.1, 0.15) is 30.1 Å². The molecule has 1 unspecified atom stereocenters. The van der Waals surface area contributed by atoms with Crippen molar-refractivity contribution in [2.24, 2.45) is 0 Å². The molecule has 1 atom stereocenters. The molecule has 0 bridgehead atoms. The Labute approximate surface area is 155 Å². The number of carbonyl (C=O) groups is 3. The maximum Gasteiger partial charge on any atom is 0.242 e. The summed E-state index contributed by atoms with van der Waals surface area (Å²) in [5.74, 6) is -1.31. The first-order valence-electron chi connectivity index (χ1n) is 8.56. The Morgan fingerprint density at radius 3 is 2.85 bits per heavy atom. The second-order valence-corrected chi connectivity index (χ2v) is 6.35. The Morgan fingerprint density at radius 1 is 1.37 bits per heavy atom. The number of nitrogen functional groups attached to an aromatic ring is 1. The van der Waals surface area contributed by atoms with Crippen molar-refractivity contribution in [2.45, 2.75) is 25.8 Å². The van der Waals surface area contributed by atoms with E-state index in [0.29, 0.717) is 25.1 Å². The summed E-state index contributed by atoms with van der Waals surface area (Å²) >= 11 is 0. The van der Waals surface area contributed by atoms with Gasteiger partial charge in [-0.3, -0.25) is 14.4 Å². The molecule has 2 heterocycles. The summed E-state index contributed by atoms with van der Waals surface area (Å²) < 4.78 is 14.7. The van der Waals surface area contributed by atoms with Crippen LogP contribution < -0.4 is 11.1 Å². The molecule has 0 spiro atoms. The summed E-state index contributed by atoms with van der Waals surface area (Å²) in [5.41, 5.74) is 6.65. The van der Waals surface area contributed by atoms with E-state index < -0.39 is 11.9 Å². The number of halogens is 1. The molecular formula is C18H20FN5O3. The third kappa shape index (κ3) is 3.81. The van der Waals surface area contributed by atoms with Gasteiger partial charge in [-0.15, -0.1) is 0 Å². The number of amides is 2. The van der Waals surface area contributed by atoms with Crippen LogP contribution in [0.5, 0.6) is 0 Å². The van der Waals surface area contributed by atoms with Gasteiger partial charge in [-0.05, 0) is 31.0 Å². The third-order valence-corrected chi connectivity index (χ3v) is 4.49. The number of benzene rings is 1. The molecule has 1 aliphatic heterocycles. The minimum absolute atomic E-state index is 0.0896. The summed E-state index contributed by atoms with van der Waals surface area (Å²) in [6.45, 7) is 1.60. The van der Waals surface area contributed by atoms with Gasteiger partial charge in [0.25, 0.3) is 0 Å². The molecule has 1 aromatic carbocycles. The van der Waals surface area contributed by atoms with Gasteiger partial charge in [0.1, 0.15) is 11.6 Å². The fourth-order valence-corrected chi connectivity index (χ4v) is 3.18. The molecule has 1 aliphatic rings. The standard InChI is InChI=1S/C18H20FN5O3/c1-11(25)21-10-16(26)23-7-3-6-15(23)17(27)14-9-22-24(18(14)20)13-5-2-4-12(19)8-13/h2,4-5,8-9,15H,3,6-7,10,20H2,1H3,(H,21,25). The minimum Gasteiger partial charge on any atom is -0.383 e. The summed E-state index contributed by atoms with van der Waals surface area (Å²) in [4.78, 5) is 37.7. The van der Waals surface area contributed by atoms with E-state index in [1.807, 2.05) is 0 Å². The number of hydrogen-bond acceptors (Lipinski definition) is 5. The molecule has 9 heteroatoms. The topological polar surface area (TPSA) is 110 Å². The van der Waals surface area contributed by atoms with Crippen molar-refractivity contribution in [3.63, 3.8) is 0 Å². The number of nitrogens with zero attached hydrogens (tertiary/aromatic N) is 3. The van der Waals surface area contributed by atoms with E-state index in [1.54, 1.807) is 6.07 Å². The SMILES string of the molecule is CC(=O)NCC(=O)N1CCCC1C(=O)c1cnn(-c2cccc(F)c2)c1N. The number of Topliss-reactive ketones (excluding diaryl/α,β-unsaturated/α-hetero) is 1. The van der Waals surface area contributed by atoms with Gasteiger partial charge in [-0.1, -0.05) is 6.07 Å². The largest absolute Gasteiger partial charge is 0.383 e. The molecule has 1 fully saturated rings. The normalized spacial score (nSPS) is 16.4. The zero-order valence-electron chi connectivity index (χ0n) is 14.8. The fourth-order valence-electron chi connectivity index (χ4n) is 3.18. The van der Waals surface area contributed by atoms with Crippen LogP contribution in [0.15, 0.2) is 30.5 Å². The maximum atomic E-state index is 13.4. The van der Waals surface area contributed by atoms with E-state index in [2.05, 4.69) is 10.4 Å². The minimum atomic E-state index is -0.654. The molecule has 3 rings (SSSR count). The lowest BCUT2D eigenvalue weighted by Gasteiger charge is -2.23. The third-order valence-electron chi connectivity index (χ3n) is 4.49. The number of likely N-dealkylation sites (tertiary alicyclic amines) is 1. The van der Waals surface area contributed by atoms with Crippen LogP contribution in [0, 0.1) is 5.82 Å². The first kappa shape index (κ1) is 18.6. The van der Waals surface area contributed by atoms with Crippen LogP contribution in [0.3, 0.4) is 0 Å². The Balaban J connectivity index is 1.81. The molecular weight excluding hydrogens is 353 g/mol. The number of aromatic nitrogens is 2. The number of ketones is 1. The summed E-state index contributed by atoms with van der Waals surface area (Å²) in [5, 5.41) is 6.54. The Hall–Kier alpha value is -3.23. The van der Waals surface area contributed by atoms with Crippen molar-refractivity contribution in [2.75, 3.05) is 18.8 Å². The molecule has 8 nitrogen and oxygen atoms in total. The van der Waals surface area contributed by atoms with Crippen molar-refractivity contribution < 1.29 is 18.8 Å². The highest BCUT2D eigenvalue weighted by molar-refractivity contribution is 6.05. The average Bonchev–Trinajstić information content (AvgIpc) is 3.26. The monoisotopic (exact) mass is 373 g/mol. The van der Waals surface area contributed by atoms with E-state index in [9.17, 15) is 18.8 Å². The van der Waals surface area contributed by atoms with Crippen LogP contribution in [0.2, 0.25) is 0 Å². The number of carbonyl (C=O) groups excluding carboxylic acids is 3. The number of nitrogens with two attached hydrogens (primary N) is 1. The van der Waals surface area contributed by atoms with Crippen molar-refractivity contribution in [3.8, 4) is 5.69 Å². The molecule has 0 aliphatic carbocycles. The van der Waals surface area contributed by atoms with E-state index in [0.717, 1.165) is 0 Å². The van der Waals surface area contributed by atoms with Gasteiger partial charge >= 0.3 is 0 Å². The molecule has 1 saturated heterocycles. The zero-order chi connectivity index (χ0) is 19.6. The predicted octanol–water partition coefficient (Wildman–Crippen LogP) is 0.903. The van der Waals surface area contributed by atoms with Crippen LogP contribution in [-0.2, 0) is 9.59 Å². The van der Waals surface area contributed by atoms with Gasteiger partial charge < -0.3 is 16.0 Å². The number of rotatable bonds is 5. The van der Waals surface area contributed by atoms with Gasteiger partial charge in [-0.2, -0.15) is 5.10 Å². The molecule has 1 aromatic heterocycles. The molecule has 2 amide bonds. The van der Waals surface area contributed by atoms with Crippen LogP contribution >= 0.6 is 0 Å². The molecule has 0 saturated carbocycles. The van der Waals surface area contributed by atoms with Gasteiger partial charge in [0.15, 0.2) is 5.78 Å². The Kier molecular flexibility index (Phi) is 5.20. The van der Waals surface area contributed by atoms with Crippen molar-refractivity contribution in [1.29, 1.82) is 0 Å². The van der Waals surface area contributed by atoms with Gasteiger partial charge in [0, 0.05) is 13.5 Å². The smallest absolute Gasteiger partial charge is 0.242 e. The maximum absolute atomic E-state index is 13.4. The first-order chi connectivity index (χ1) is 12.9. The summed E-state index contributed by atoms with van der Waals surface area (Å²) in [6.07, 6.45) is 2.52. The lowest BCUT2D eigenvalue weighted by Crippen LogP contribution is -2.45. The highest BCUT2D eigenvalue weighted by Gasteiger charge is 2.36. The van der Waals surface area contributed by atoms with E-state index in [1.165, 1.54) is 40.9 Å². The predicted molar refractivity (Wildman–Crippen MR) is 95.7 cm³/mol. The Bertz CT molecular complexity index is 895. The van der Waals surface area contributed by atoms with E-state index in [-0.39, 0.29) is 35.5 Å². The highest BCUT2D eigenvalue weighted by Crippen LogP contribution is 2.25. The first-order valence-corrected chi connectivity index (χ1v) is 8.56. The molecule has 0 radical (unpaired) electrons. The number of nitrogens with one attached hydrogen (secondary N) is 1. The van der Waals surface area contributed by atoms with E-state index in [4.69, 9.17) is 5.73 Å². The summed E-state index contributed by atoms with van der Waals surface area (Å²) in [7, 11) is 0. The fraction of sp³-hybridized carbons (Fsp3) is 0.333. The van der Waals surface area contributed by atoms with E-state index >= 15 is 0 Å². The quantitative estimate of drug-likeness (QED) is 0.757. The second kappa shape index (κ2) is 7.56. The van der Waals surface area contributed by atoms with Crippen LogP contribution in [-0.4, -0.2) is 51.4 Å². The average molecular weight is 373 g/mol. The Morgan fingerprint density at radius 2 is 2.15 bits per heavy atom. The molecule has 142 valence electrons. The lowest BCUT2D eigenvalue weighted by atomic mass is 10.0.